The molecule has 0 aliphatic heterocycles. The Balaban J connectivity index is 1.57. The lowest BCUT2D eigenvalue weighted by Gasteiger charge is -2.37. The van der Waals surface area contributed by atoms with Crippen molar-refractivity contribution in [2.24, 2.45) is 17.8 Å². The van der Waals surface area contributed by atoms with Gasteiger partial charge >= 0.3 is 0 Å². The number of hydrogen-bond donors (Lipinski definition) is 0. The van der Waals surface area contributed by atoms with Gasteiger partial charge in [0.25, 0.3) is 0 Å². The molecule has 0 bridgehead atoms. The molecule has 0 spiro atoms. The molecule has 0 radical (unpaired) electrons. The second kappa shape index (κ2) is 11.3. The minimum Gasteiger partial charge on any atom is -0.381 e. The molecule has 0 aromatic carbocycles. The maximum Gasteiger partial charge on any atom is 0.0651 e. The van der Waals surface area contributed by atoms with Gasteiger partial charge in [-0.2, -0.15) is 0 Å². The standard InChI is InChI=1S/C21H38O2/c1-3-5-15-22-17-18-7-9-19(10-8-18)20-11-13-21(14-12-20)23-16-6-4-2/h4,6,18-21H,3,5,7-17H2,1-2H3. The maximum absolute atomic E-state index is 5.94. The molecule has 0 aromatic heterocycles. The van der Waals surface area contributed by atoms with Crippen LogP contribution in [-0.2, 0) is 9.47 Å². The fraction of sp³-hybridized carbons (Fsp3) is 0.905. The van der Waals surface area contributed by atoms with E-state index in [1.54, 1.807) is 0 Å². The molecule has 2 saturated carbocycles. The molecule has 0 amide bonds. The Morgan fingerprint density at radius 3 is 2.17 bits per heavy atom. The Morgan fingerprint density at radius 2 is 1.57 bits per heavy atom. The molecule has 0 saturated heterocycles. The zero-order chi connectivity index (χ0) is 16.3. The van der Waals surface area contributed by atoms with Crippen molar-refractivity contribution in [1.29, 1.82) is 0 Å². The van der Waals surface area contributed by atoms with E-state index in [1.807, 2.05) is 0 Å². The van der Waals surface area contributed by atoms with Crippen molar-refractivity contribution in [3.63, 3.8) is 0 Å². The lowest BCUT2D eigenvalue weighted by atomic mass is 9.71. The fourth-order valence-electron chi connectivity index (χ4n) is 4.34. The summed E-state index contributed by atoms with van der Waals surface area (Å²) in [5.41, 5.74) is 0. The summed E-state index contributed by atoms with van der Waals surface area (Å²) in [4.78, 5) is 0. The number of rotatable bonds is 9. The van der Waals surface area contributed by atoms with Crippen molar-refractivity contribution < 1.29 is 9.47 Å². The summed E-state index contributed by atoms with van der Waals surface area (Å²) in [7, 11) is 0. The first-order chi connectivity index (χ1) is 11.3. The average molecular weight is 323 g/mol. The smallest absolute Gasteiger partial charge is 0.0651 e. The third-order valence-electron chi connectivity index (χ3n) is 5.94. The predicted octanol–water partition coefficient (Wildman–Crippen LogP) is 5.76. The van der Waals surface area contributed by atoms with Crippen LogP contribution in [0.25, 0.3) is 0 Å². The quantitative estimate of drug-likeness (QED) is 0.397. The van der Waals surface area contributed by atoms with E-state index in [2.05, 4.69) is 26.0 Å². The van der Waals surface area contributed by atoms with Crippen LogP contribution in [0.2, 0.25) is 0 Å². The van der Waals surface area contributed by atoms with Gasteiger partial charge in [-0.05, 0) is 82.5 Å². The summed E-state index contributed by atoms with van der Waals surface area (Å²) < 4.78 is 11.8. The average Bonchev–Trinajstić information content (AvgIpc) is 2.60. The third kappa shape index (κ3) is 6.97. The van der Waals surface area contributed by atoms with Gasteiger partial charge in [0.2, 0.25) is 0 Å². The number of unbranched alkanes of at least 4 members (excludes halogenated alkanes) is 1. The molecule has 134 valence electrons. The van der Waals surface area contributed by atoms with Gasteiger partial charge < -0.3 is 9.47 Å². The minimum absolute atomic E-state index is 0.519. The Kier molecular flexibility index (Phi) is 9.29. The van der Waals surface area contributed by atoms with Gasteiger partial charge in [-0.3, -0.25) is 0 Å². The van der Waals surface area contributed by atoms with E-state index in [0.717, 1.165) is 37.6 Å². The highest BCUT2D eigenvalue weighted by Crippen LogP contribution is 2.40. The molecule has 2 fully saturated rings. The second-order valence-corrected chi connectivity index (χ2v) is 7.65. The summed E-state index contributed by atoms with van der Waals surface area (Å²) in [6.45, 7) is 7.07. The van der Waals surface area contributed by atoms with Crippen molar-refractivity contribution in [3.05, 3.63) is 12.2 Å². The summed E-state index contributed by atoms with van der Waals surface area (Å²) in [6, 6.07) is 0. The van der Waals surface area contributed by atoms with E-state index < -0.39 is 0 Å². The van der Waals surface area contributed by atoms with Crippen LogP contribution < -0.4 is 0 Å². The monoisotopic (exact) mass is 322 g/mol. The summed E-state index contributed by atoms with van der Waals surface area (Å²) >= 11 is 0. The molecular weight excluding hydrogens is 284 g/mol. The molecule has 0 atom stereocenters. The Morgan fingerprint density at radius 1 is 0.913 bits per heavy atom. The van der Waals surface area contributed by atoms with Gasteiger partial charge in [0.15, 0.2) is 0 Å². The van der Waals surface area contributed by atoms with Gasteiger partial charge in [-0.1, -0.05) is 25.5 Å². The van der Waals surface area contributed by atoms with Crippen molar-refractivity contribution in [1.82, 2.24) is 0 Å². The molecule has 0 heterocycles. The van der Waals surface area contributed by atoms with Gasteiger partial charge in [0, 0.05) is 13.2 Å². The molecule has 0 aromatic rings. The summed E-state index contributed by atoms with van der Waals surface area (Å²) in [5, 5.41) is 0. The van der Waals surface area contributed by atoms with E-state index >= 15 is 0 Å². The van der Waals surface area contributed by atoms with E-state index in [9.17, 15) is 0 Å². The van der Waals surface area contributed by atoms with Gasteiger partial charge in [0.1, 0.15) is 0 Å². The highest BCUT2D eigenvalue weighted by Gasteiger charge is 2.31. The number of hydrogen-bond acceptors (Lipinski definition) is 2. The SMILES string of the molecule is CC=CCOC1CCC(C2CCC(COCCCC)CC2)CC1. The van der Waals surface area contributed by atoms with E-state index in [0.29, 0.717) is 6.10 Å². The molecule has 23 heavy (non-hydrogen) atoms. The normalized spacial score (nSPS) is 32.4. The van der Waals surface area contributed by atoms with E-state index in [1.165, 1.54) is 64.2 Å². The van der Waals surface area contributed by atoms with Crippen LogP contribution in [0.15, 0.2) is 12.2 Å². The first kappa shape index (κ1) is 19.0. The molecule has 2 aliphatic carbocycles. The minimum atomic E-state index is 0.519. The van der Waals surface area contributed by atoms with Crippen LogP contribution >= 0.6 is 0 Å². The first-order valence-corrected chi connectivity index (χ1v) is 10.1. The number of ether oxygens (including phenoxy) is 2. The van der Waals surface area contributed by atoms with E-state index in [-0.39, 0.29) is 0 Å². The highest BCUT2D eigenvalue weighted by atomic mass is 16.5. The van der Waals surface area contributed by atoms with Crippen LogP contribution in [0.4, 0.5) is 0 Å². The summed E-state index contributed by atoms with van der Waals surface area (Å²) in [6.07, 6.45) is 18.2. The topological polar surface area (TPSA) is 18.5 Å². The molecular formula is C21H38O2. The van der Waals surface area contributed by atoms with Gasteiger partial charge in [-0.15, -0.1) is 0 Å². The Hall–Kier alpha value is -0.340. The maximum atomic E-state index is 5.94. The van der Waals surface area contributed by atoms with Crippen molar-refractivity contribution in [3.8, 4) is 0 Å². The van der Waals surface area contributed by atoms with Crippen LogP contribution in [0.1, 0.15) is 78.1 Å². The fourth-order valence-corrected chi connectivity index (χ4v) is 4.34. The van der Waals surface area contributed by atoms with Gasteiger partial charge in [-0.25, -0.2) is 0 Å². The lowest BCUT2D eigenvalue weighted by Crippen LogP contribution is -2.29. The van der Waals surface area contributed by atoms with E-state index in [4.69, 9.17) is 9.47 Å². The third-order valence-corrected chi connectivity index (χ3v) is 5.94. The number of allylic oxidation sites excluding steroid dienone is 1. The van der Waals surface area contributed by atoms with Crippen molar-refractivity contribution in [2.45, 2.75) is 84.2 Å². The van der Waals surface area contributed by atoms with Crippen molar-refractivity contribution in [2.75, 3.05) is 19.8 Å². The van der Waals surface area contributed by atoms with Crippen LogP contribution in [0, 0.1) is 17.8 Å². The molecule has 0 N–H and O–H groups in total. The molecule has 0 unspecified atom stereocenters. The van der Waals surface area contributed by atoms with Gasteiger partial charge in [0.05, 0.1) is 12.7 Å². The molecule has 2 aliphatic rings. The highest BCUT2D eigenvalue weighted by molar-refractivity contribution is 4.83. The molecule has 2 nitrogen and oxygen atoms in total. The van der Waals surface area contributed by atoms with Crippen LogP contribution in [0.5, 0.6) is 0 Å². The molecule has 2 rings (SSSR count). The molecule has 2 heteroatoms. The first-order valence-electron chi connectivity index (χ1n) is 10.1. The second-order valence-electron chi connectivity index (χ2n) is 7.65. The summed E-state index contributed by atoms with van der Waals surface area (Å²) in [5.74, 6) is 2.79. The van der Waals surface area contributed by atoms with Crippen LogP contribution in [-0.4, -0.2) is 25.9 Å². The van der Waals surface area contributed by atoms with Crippen molar-refractivity contribution >= 4 is 0 Å². The largest absolute Gasteiger partial charge is 0.381 e. The Labute approximate surface area is 144 Å². The lowest BCUT2D eigenvalue weighted by molar-refractivity contribution is 0.0169. The Bertz CT molecular complexity index is 310. The zero-order valence-corrected chi connectivity index (χ0v) is 15.5. The zero-order valence-electron chi connectivity index (χ0n) is 15.5. The predicted molar refractivity (Wildman–Crippen MR) is 97.7 cm³/mol. The van der Waals surface area contributed by atoms with Crippen LogP contribution in [0.3, 0.4) is 0 Å².